The highest BCUT2D eigenvalue weighted by Gasteiger charge is 2.55. The van der Waals surface area contributed by atoms with Crippen LogP contribution in [-0.4, -0.2) is 95.5 Å². The number of carboxylic acid groups (broad SMARTS) is 1. The molecule has 4 rings (SSSR count). The van der Waals surface area contributed by atoms with E-state index in [1.54, 1.807) is 33.9 Å². The number of amides is 2. The molecule has 2 aromatic rings. The maximum absolute atomic E-state index is 13.3. The first-order valence-corrected chi connectivity index (χ1v) is 16.9. The summed E-state index contributed by atoms with van der Waals surface area (Å²) in [7, 11) is 0. The quantitative estimate of drug-likeness (QED) is 0.172. The Morgan fingerprint density at radius 2 is 1.83 bits per heavy atom. The minimum Gasteiger partial charge on any atom is -0.507 e. The monoisotopic (exact) mass is 673 g/mol. The Bertz CT molecular complexity index is 1420. The second kappa shape index (κ2) is 15.7. The summed E-state index contributed by atoms with van der Waals surface area (Å²) < 4.78 is 13.6. The highest BCUT2D eigenvalue weighted by molar-refractivity contribution is 5.94. The van der Waals surface area contributed by atoms with Crippen LogP contribution >= 0.6 is 0 Å². The number of aliphatic hydroxyl groups excluding tert-OH is 2. The molecule has 48 heavy (non-hydrogen) atoms. The standard InChI is InChI=1S/C34H51N5O9/c1-6-12-33(4,5)48-34(32(45)46)16-26(41)29(36-28(42)19-39-18-25(37-38-39)22-10-8-7-9-11-22)27(47-34)15-24(40)17-35-31(44)23-13-20(2)30(43)21(3)14-23/h13-14,18,22,24,26-27,29,40-41,43H,6-12,15-17,19H2,1-5H3,(H,35,44)(H,36,42)(H,45,46)/t24-,26+,27?,29?,34-/m0/s1. The zero-order valence-electron chi connectivity index (χ0n) is 28.6. The van der Waals surface area contributed by atoms with E-state index in [0.717, 1.165) is 31.4 Å². The molecule has 2 heterocycles. The molecule has 1 saturated carbocycles. The van der Waals surface area contributed by atoms with E-state index in [9.17, 15) is 34.8 Å². The number of benzene rings is 1. The van der Waals surface area contributed by atoms with Gasteiger partial charge in [-0.05, 0) is 70.2 Å². The van der Waals surface area contributed by atoms with Crippen molar-refractivity contribution in [2.75, 3.05) is 6.54 Å². The molecule has 1 aromatic heterocycles. The number of carbonyl (C=O) groups is 3. The number of hydrogen-bond acceptors (Lipinski definition) is 10. The molecule has 1 saturated heterocycles. The van der Waals surface area contributed by atoms with E-state index in [2.05, 4.69) is 20.9 Å². The molecule has 1 aromatic carbocycles. The SMILES string of the molecule is CCCC(C)(C)O[C@]1(C(=O)O)C[C@@H](O)C(NC(=O)Cn2cc(C3CCCCC3)nn2)C(C[C@H](O)CNC(=O)c2cc(C)c(O)c(C)c2)O1. The van der Waals surface area contributed by atoms with Crippen molar-refractivity contribution in [1.82, 2.24) is 25.6 Å². The topological polar surface area (TPSA) is 205 Å². The third kappa shape index (κ3) is 9.30. The van der Waals surface area contributed by atoms with Crippen LogP contribution in [0.4, 0.5) is 0 Å². The average Bonchev–Trinajstić information content (AvgIpc) is 3.48. The molecule has 5 atom stereocenters. The zero-order valence-corrected chi connectivity index (χ0v) is 28.6. The molecule has 0 bridgehead atoms. The van der Waals surface area contributed by atoms with Gasteiger partial charge in [0.05, 0.1) is 35.6 Å². The lowest BCUT2D eigenvalue weighted by Crippen LogP contribution is -2.66. The molecule has 2 fully saturated rings. The van der Waals surface area contributed by atoms with E-state index in [1.807, 2.05) is 6.92 Å². The van der Waals surface area contributed by atoms with E-state index in [-0.39, 0.29) is 25.3 Å². The smallest absolute Gasteiger partial charge is 0.364 e. The van der Waals surface area contributed by atoms with E-state index < -0.39 is 59.9 Å². The molecule has 0 spiro atoms. The number of nitrogens with zero attached hydrogens (tertiary/aromatic N) is 3. The number of carboxylic acids is 1. The number of aliphatic hydroxyl groups is 2. The van der Waals surface area contributed by atoms with Crippen LogP contribution in [0.5, 0.6) is 5.75 Å². The lowest BCUT2D eigenvalue weighted by atomic mass is 9.87. The van der Waals surface area contributed by atoms with Gasteiger partial charge in [-0.25, -0.2) is 9.48 Å². The first-order chi connectivity index (χ1) is 22.6. The maximum Gasteiger partial charge on any atom is 0.364 e. The minimum atomic E-state index is -2.26. The fourth-order valence-electron chi connectivity index (χ4n) is 6.85. The summed E-state index contributed by atoms with van der Waals surface area (Å²) >= 11 is 0. The fourth-order valence-corrected chi connectivity index (χ4v) is 6.85. The number of ether oxygens (including phenoxy) is 2. The number of rotatable bonds is 14. The minimum absolute atomic E-state index is 0.0902. The van der Waals surface area contributed by atoms with Crippen molar-refractivity contribution in [1.29, 1.82) is 0 Å². The Morgan fingerprint density at radius 3 is 2.46 bits per heavy atom. The van der Waals surface area contributed by atoms with Crippen molar-refractivity contribution in [3.05, 3.63) is 40.7 Å². The number of aromatic nitrogens is 3. The molecule has 1 aliphatic heterocycles. The van der Waals surface area contributed by atoms with E-state index in [1.165, 1.54) is 23.2 Å². The van der Waals surface area contributed by atoms with Crippen LogP contribution in [0.25, 0.3) is 0 Å². The van der Waals surface area contributed by atoms with Crippen molar-refractivity contribution in [3.63, 3.8) is 0 Å². The molecule has 1 aliphatic carbocycles. The third-order valence-corrected chi connectivity index (χ3v) is 9.22. The Labute approximate surface area is 281 Å². The fraction of sp³-hybridized carbons (Fsp3) is 0.676. The molecule has 14 heteroatoms. The molecule has 0 radical (unpaired) electrons. The molecular formula is C34H51N5O9. The summed E-state index contributed by atoms with van der Waals surface area (Å²) in [6.45, 7) is 8.31. The van der Waals surface area contributed by atoms with Gasteiger partial charge >= 0.3 is 5.97 Å². The van der Waals surface area contributed by atoms with Gasteiger partial charge in [0.25, 0.3) is 11.7 Å². The van der Waals surface area contributed by atoms with Gasteiger partial charge in [0.15, 0.2) is 0 Å². The summed E-state index contributed by atoms with van der Waals surface area (Å²) in [5.74, 6) is -4.30. The predicted octanol–water partition coefficient (Wildman–Crippen LogP) is 2.84. The number of phenolic OH excluding ortho intramolecular Hbond substituents is 1. The normalized spacial score (nSPS) is 24.2. The predicted molar refractivity (Wildman–Crippen MR) is 174 cm³/mol. The zero-order chi connectivity index (χ0) is 35.2. The summed E-state index contributed by atoms with van der Waals surface area (Å²) in [6.07, 6.45) is 3.85. The molecule has 2 unspecified atom stereocenters. The second-order valence-corrected chi connectivity index (χ2v) is 13.9. The van der Waals surface area contributed by atoms with E-state index >= 15 is 0 Å². The highest BCUT2D eigenvalue weighted by atomic mass is 16.7. The molecular weight excluding hydrogens is 622 g/mol. The van der Waals surface area contributed by atoms with Gasteiger partial charge in [-0.3, -0.25) is 9.59 Å². The van der Waals surface area contributed by atoms with Crippen LogP contribution in [0.15, 0.2) is 18.3 Å². The number of hydrogen-bond donors (Lipinski definition) is 6. The van der Waals surface area contributed by atoms with Gasteiger partial charge in [0.1, 0.15) is 12.3 Å². The van der Waals surface area contributed by atoms with Crippen molar-refractivity contribution >= 4 is 17.8 Å². The first kappa shape index (κ1) is 37.2. The van der Waals surface area contributed by atoms with E-state index in [0.29, 0.717) is 35.4 Å². The largest absolute Gasteiger partial charge is 0.507 e. The number of aliphatic carboxylic acids is 1. The highest BCUT2D eigenvalue weighted by Crippen LogP contribution is 2.37. The molecule has 2 aliphatic rings. The van der Waals surface area contributed by atoms with Gasteiger partial charge in [0.2, 0.25) is 5.91 Å². The van der Waals surface area contributed by atoms with E-state index in [4.69, 9.17) is 9.47 Å². The van der Waals surface area contributed by atoms with Gasteiger partial charge in [0, 0.05) is 37.1 Å². The van der Waals surface area contributed by atoms with Crippen LogP contribution in [0.1, 0.15) is 112 Å². The Balaban J connectivity index is 1.49. The molecule has 6 N–H and O–H groups in total. The summed E-state index contributed by atoms with van der Waals surface area (Å²) in [5.41, 5.74) is 1.25. The molecule has 266 valence electrons. The van der Waals surface area contributed by atoms with Crippen molar-refractivity contribution in [3.8, 4) is 5.75 Å². The number of phenols is 1. The maximum atomic E-state index is 13.3. The van der Waals surface area contributed by atoms with Crippen LogP contribution in [0.2, 0.25) is 0 Å². The number of nitrogens with one attached hydrogen (secondary N) is 2. The molecule has 2 amide bonds. The number of carbonyl (C=O) groups excluding carboxylic acids is 2. The summed E-state index contributed by atoms with van der Waals surface area (Å²) in [6, 6.07) is 1.94. The van der Waals surface area contributed by atoms with Crippen LogP contribution < -0.4 is 10.6 Å². The summed E-state index contributed by atoms with van der Waals surface area (Å²) in [4.78, 5) is 38.8. The third-order valence-electron chi connectivity index (χ3n) is 9.22. The lowest BCUT2D eigenvalue weighted by Gasteiger charge is -2.47. The van der Waals surface area contributed by atoms with Crippen LogP contribution in [0, 0.1) is 13.8 Å². The Hall–Kier alpha value is -3.59. The Kier molecular flexibility index (Phi) is 12.2. The summed E-state index contributed by atoms with van der Waals surface area (Å²) in [5, 5.41) is 56.5. The number of aryl methyl sites for hydroxylation is 2. The van der Waals surface area contributed by atoms with Gasteiger partial charge in [-0.2, -0.15) is 0 Å². The lowest BCUT2D eigenvalue weighted by molar-refractivity contribution is -0.325. The number of aromatic hydroxyl groups is 1. The second-order valence-electron chi connectivity index (χ2n) is 13.9. The molecule has 14 nitrogen and oxygen atoms in total. The first-order valence-electron chi connectivity index (χ1n) is 16.9. The van der Waals surface area contributed by atoms with Gasteiger partial charge in [-0.1, -0.05) is 37.8 Å². The van der Waals surface area contributed by atoms with Crippen LogP contribution in [-0.2, 0) is 25.6 Å². The average molecular weight is 674 g/mol. The van der Waals surface area contributed by atoms with Crippen molar-refractivity contribution in [2.45, 2.75) is 141 Å². The Morgan fingerprint density at radius 1 is 1.17 bits per heavy atom. The van der Waals surface area contributed by atoms with Crippen LogP contribution in [0.3, 0.4) is 0 Å². The van der Waals surface area contributed by atoms with Crippen molar-refractivity contribution in [2.24, 2.45) is 0 Å². The van der Waals surface area contributed by atoms with Crippen molar-refractivity contribution < 1.29 is 44.3 Å². The van der Waals surface area contributed by atoms with Gasteiger partial charge in [-0.15, -0.1) is 5.10 Å². The van der Waals surface area contributed by atoms with Gasteiger partial charge < -0.3 is 40.5 Å².